The molecule has 1 saturated heterocycles. The lowest BCUT2D eigenvalue weighted by Gasteiger charge is -2.30. The Labute approximate surface area is 203 Å². The van der Waals surface area contributed by atoms with E-state index in [2.05, 4.69) is 17.0 Å². The molecule has 9 heteroatoms. The van der Waals surface area contributed by atoms with Gasteiger partial charge in [-0.25, -0.2) is 4.98 Å². The normalized spacial score (nSPS) is 16.2. The Bertz CT molecular complexity index is 1300. The number of ether oxygens (including phenoxy) is 3. The third-order valence-electron chi connectivity index (χ3n) is 6.78. The van der Waals surface area contributed by atoms with Gasteiger partial charge in [-0.3, -0.25) is 19.1 Å². The lowest BCUT2D eigenvalue weighted by molar-refractivity contribution is -0.132. The fourth-order valence-corrected chi connectivity index (χ4v) is 4.78. The number of carbonyl (C=O) groups is 1. The summed E-state index contributed by atoms with van der Waals surface area (Å²) < 4.78 is 17.8. The van der Waals surface area contributed by atoms with Crippen LogP contribution in [0.15, 0.2) is 41.2 Å². The van der Waals surface area contributed by atoms with Crippen LogP contribution in [0.3, 0.4) is 0 Å². The summed E-state index contributed by atoms with van der Waals surface area (Å²) in [5.41, 5.74) is 2.69. The van der Waals surface area contributed by atoms with E-state index in [4.69, 9.17) is 19.2 Å². The Morgan fingerprint density at radius 1 is 1.03 bits per heavy atom. The number of hydrogen-bond donors (Lipinski definition) is 0. The summed E-state index contributed by atoms with van der Waals surface area (Å²) in [6.07, 6.45) is 0.810. The van der Waals surface area contributed by atoms with Gasteiger partial charge in [0.2, 0.25) is 5.91 Å². The maximum Gasteiger partial charge on any atom is 0.262 e. The predicted octanol–water partition coefficient (Wildman–Crippen LogP) is 1.83. The Balaban J connectivity index is 1.51. The Kier molecular flexibility index (Phi) is 6.70. The number of morpholine rings is 1. The molecule has 0 aliphatic carbocycles. The van der Waals surface area contributed by atoms with Crippen molar-refractivity contribution in [1.82, 2.24) is 19.4 Å². The van der Waals surface area contributed by atoms with Crippen LogP contribution in [0.5, 0.6) is 11.5 Å². The largest absolute Gasteiger partial charge is 0.493 e. The number of nitrogens with zero attached hydrogens (tertiary/aromatic N) is 4. The fraction of sp³-hybridized carbons (Fsp3) is 0.423. The number of hydrogen-bond acceptors (Lipinski definition) is 7. The monoisotopic (exact) mass is 478 g/mol. The highest BCUT2D eigenvalue weighted by Gasteiger charge is 2.24. The topological polar surface area (TPSA) is 86.1 Å². The quantitative estimate of drug-likeness (QED) is 0.534. The first kappa shape index (κ1) is 23.3. The molecule has 0 spiro atoms. The second kappa shape index (κ2) is 10.1. The van der Waals surface area contributed by atoms with Crippen LogP contribution in [-0.2, 0) is 35.6 Å². The molecule has 184 valence electrons. The van der Waals surface area contributed by atoms with Gasteiger partial charge in [-0.15, -0.1) is 0 Å². The summed E-state index contributed by atoms with van der Waals surface area (Å²) in [5, 5.41) is 0.394. The molecule has 1 fully saturated rings. The van der Waals surface area contributed by atoms with Gasteiger partial charge in [-0.1, -0.05) is 24.3 Å². The summed E-state index contributed by atoms with van der Waals surface area (Å²) in [4.78, 5) is 35.9. The maximum atomic E-state index is 13.7. The van der Waals surface area contributed by atoms with Gasteiger partial charge >= 0.3 is 0 Å². The molecule has 0 atom stereocenters. The van der Waals surface area contributed by atoms with Crippen LogP contribution in [0, 0.1) is 0 Å². The molecule has 0 radical (unpaired) electrons. The molecular formula is C26H30N4O5. The second-order valence-corrected chi connectivity index (χ2v) is 8.87. The van der Waals surface area contributed by atoms with Gasteiger partial charge in [0.25, 0.3) is 5.56 Å². The standard InChI is InChI=1S/C26H30N4O5/c1-33-22-13-20-21(14-23(22)34-2)27-24(16-28-9-11-35-12-10-28)30(26(20)32)17-25(31)29-8-7-18-5-3-4-6-19(18)15-29/h3-6,13-14H,7-12,15-17H2,1-2H3. The summed E-state index contributed by atoms with van der Waals surface area (Å²) in [7, 11) is 3.08. The van der Waals surface area contributed by atoms with Gasteiger partial charge in [0.05, 0.1) is 44.9 Å². The number of amides is 1. The zero-order chi connectivity index (χ0) is 24.4. The summed E-state index contributed by atoms with van der Waals surface area (Å²) in [6, 6.07) is 11.5. The average Bonchev–Trinajstić information content (AvgIpc) is 2.90. The number of benzene rings is 2. The van der Waals surface area contributed by atoms with Crippen LogP contribution in [0.25, 0.3) is 10.9 Å². The molecule has 1 amide bonds. The average molecular weight is 479 g/mol. The van der Waals surface area contributed by atoms with Crippen molar-refractivity contribution in [3.8, 4) is 11.5 Å². The minimum Gasteiger partial charge on any atom is -0.493 e. The Morgan fingerprint density at radius 3 is 2.49 bits per heavy atom. The first-order valence-corrected chi connectivity index (χ1v) is 11.9. The zero-order valence-corrected chi connectivity index (χ0v) is 20.2. The predicted molar refractivity (Wildman–Crippen MR) is 131 cm³/mol. The fourth-order valence-electron chi connectivity index (χ4n) is 4.78. The number of carbonyl (C=O) groups excluding carboxylic acids is 1. The van der Waals surface area contributed by atoms with Crippen LogP contribution in [0.4, 0.5) is 0 Å². The summed E-state index contributed by atoms with van der Waals surface area (Å²) in [5.74, 6) is 1.42. The molecule has 2 aliphatic rings. The Hall–Kier alpha value is -3.43. The number of methoxy groups -OCH3 is 2. The molecule has 5 rings (SSSR count). The van der Waals surface area contributed by atoms with E-state index < -0.39 is 0 Å². The van der Waals surface area contributed by atoms with Gasteiger partial charge in [0, 0.05) is 32.2 Å². The smallest absolute Gasteiger partial charge is 0.262 e. The van der Waals surface area contributed by atoms with E-state index in [0.29, 0.717) is 61.1 Å². The molecule has 2 aliphatic heterocycles. The van der Waals surface area contributed by atoms with Gasteiger partial charge in [0.15, 0.2) is 11.5 Å². The third-order valence-corrected chi connectivity index (χ3v) is 6.78. The molecule has 0 saturated carbocycles. The minimum atomic E-state index is -0.259. The highest BCUT2D eigenvalue weighted by molar-refractivity contribution is 5.83. The van der Waals surface area contributed by atoms with E-state index in [-0.39, 0.29) is 18.0 Å². The highest BCUT2D eigenvalue weighted by Crippen LogP contribution is 2.30. The van der Waals surface area contributed by atoms with Crippen molar-refractivity contribution in [1.29, 1.82) is 0 Å². The number of rotatable bonds is 6. The Morgan fingerprint density at radius 2 is 1.74 bits per heavy atom. The molecule has 35 heavy (non-hydrogen) atoms. The van der Waals surface area contributed by atoms with Gasteiger partial charge < -0.3 is 19.1 Å². The summed E-state index contributed by atoms with van der Waals surface area (Å²) >= 11 is 0. The van der Waals surface area contributed by atoms with Crippen LogP contribution in [0.1, 0.15) is 17.0 Å². The van der Waals surface area contributed by atoms with Crippen LogP contribution in [0.2, 0.25) is 0 Å². The molecule has 0 unspecified atom stereocenters. The van der Waals surface area contributed by atoms with E-state index >= 15 is 0 Å². The minimum absolute atomic E-state index is 0.0576. The van der Waals surface area contributed by atoms with E-state index in [0.717, 1.165) is 25.1 Å². The van der Waals surface area contributed by atoms with Crippen molar-refractivity contribution in [3.63, 3.8) is 0 Å². The van der Waals surface area contributed by atoms with Crippen molar-refractivity contribution < 1.29 is 19.0 Å². The van der Waals surface area contributed by atoms with Crippen LogP contribution >= 0.6 is 0 Å². The van der Waals surface area contributed by atoms with Crippen molar-refractivity contribution in [3.05, 3.63) is 63.7 Å². The number of aromatic nitrogens is 2. The molecule has 9 nitrogen and oxygen atoms in total. The first-order valence-electron chi connectivity index (χ1n) is 11.9. The zero-order valence-electron chi connectivity index (χ0n) is 20.2. The molecule has 1 aromatic heterocycles. The SMILES string of the molecule is COc1cc2nc(CN3CCOCC3)n(CC(=O)N3CCc4ccccc4C3)c(=O)c2cc1OC. The molecule has 0 N–H and O–H groups in total. The van der Waals surface area contributed by atoms with Crippen LogP contribution < -0.4 is 15.0 Å². The first-order chi connectivity index (χ1) is 17.1. The molecule has 0 bridgehead atoms. The van der Waals surface area contributed by atoms with Gasteiger partial charge in [0.1, 0.15) is 12.4 Å². The lowest BCUT2D eigenvalue weighted by Crippen LogP contribution is -2.42. The highest BCUT2D eigenvalue weighted by atomic mass is 16.5. The van der Waals surface area contributed by atoms with E-state index in [1.54, 1.807) is 19.2 Å². The van der Waals surface area contributed by atoms with Crippen molar-refractivity contribution in [2.24, 2.45) is 0 Å². The van der Waals surface area contributed by atoms with Crippen molar-refractivity contribution >= 4 is 16.8 Å². The maximum absolute atomic E-state index is 13.7. The van der Waals surface area contributed by atoms with Gasteiger partial charge in [-0.2, -0.15) is 0 Å². The second-order valence-electron chi connectivity index (χ2n) is 8.87. The summed E-state index contributed by atoms with van der Waals surface area (Å²) in [6.45, 7) is 4.35. The molecule has 3 heterocycles. The van der Waals surface area contributed by atoms with E-state index in [9.17, 15) is 9.59 Å². The van der Waals surface area contributed by atoms with Crippen molar-refractivity contribution in [2.45, 2.75) is 26.1 Å². The van der Waals surface area contributed by atoms with Gasteiger partial charge in [-0.05, 0) is 23.6 Å². The van der Waals surface area contributed by atoms with E-state index in [1.165, 1.54) is 17.2 Å². The lowest BCUT2D eigenvalue weighted by atomic mass is 10.00. The molecule has 3 aromatic rings. The van der Waals surface area contributed by atoms with Crippen LogP contribution in [-0.4, -0.2) is 72.3 Å². The molecular weight excluding hydrogens is 448 g/mol. The molecule has 2 aromatic carbocycles. The number of fused-ring (bicyclic) bond motifs is 2. The third kappa shape index (κ3) is 4.74. The van der Waals surface area contributed by atoms with Crippen molar-refractivity contribution in [2.75, 3.05) is 47.1 Å². The van der Waals surface area contributed by atoms with E-state index in [1.807, 2.05) is 17.0 Å².